The van der Waals surface area contributed by atoms with Gasteiger partial charge in [-0.2, -0.15) is 0 Å². The third kappa shape index (κ3) is 7.15. The lowest BCUT2D eigenvalue weighted by Gasteiger charge is -2.19. The minimum atomic E-state index is 0.194. The van der Waals surface area contributed by atoms with Crippen molar-refractivity contribution in [3.8, 4) is 34.4 Å². The SMILES string of the molecule is COc1nc2ccccc2cc1Cn1cc(COc2ccc3ccccc3c2-c2c(OCc3cn(Cc4cc5ccccc5nc4OC)nn3)ccc3ccccc23)nn1. The molecular weight excluding hydrogens is 753 g/mol. The van der Waals surface area contributed by atoms with Gasteiger partial charge in [0.25, 0.3) is 0 Å². The number of aromatic nitrogens is 8. The van der Waals surface area contributed by atoms with Gasteiger partial charge < -0.3 is 18.9 Å². The molecule has 0 amide bonds. The Morgan fingerprint density at radius 3 is 1.33 bits per heavy atom. The van der Waals surface area contributed by atoms with Gasteiger partial charge in [-0.05, 0) is 57.9 Å². The second-order valence-electron chi connectivity index (χ2n) is 14.4. The summed E-state index contributed by atoms with van der Waals surface area (Å²) in [6.07, 6.45) is 3.78. The topological polar surface area (TPSA) is 124 Å². The predicted octanol–water partition coefficient (Wildman–Crippen LogP) is 9.21. The highest BCUT2D eigenvalue weighted by Crippen LogP contribution is 2.46. The number of hydrogen-bond acceptors (Lipinski definition) is 10. The van der Waals surface area contributed by atoms with E-state index in [9.17, 15) is 0 Å². The summed E-state index contributed by atoms with van der Waals surface area (Å²) >= 11 is 0. The molecule has 4 heterocycles. The molecule has 0 aliphatic heterocycles. The number of pyridine rings is 2. The van der Waals surface area contributed by atoms with E-state index in [1.807, 2.05) is 97.3 Å². The Morgan fingerprint density at radius 2 is 0.883 bits per heavy atom. The zero-order valence-corrected chi connectivity index (χ0v) is 32.9. The van der Waals surface area contributed by atoms with Crippen LogP contribution in [0, 0.1) is 0 Å². The minimum Gasteiger partial charge on any atom is -0.486 e. The molecule has 0 aliphatic carbocycles. The standard InChI is InChI=1S/C48H38N8O4/c1-57-47-35(23-33-13-5-9-17-41(33)49-47)25-55-27-37(51-53-55)29-59-43-21-19-31-11-3-7-15-39(31)45(43)46-40-16-8-4-12-32(40)20-22-44(46)60-30-38-28-56(54-52-38)26-36-24-34-14-6-10-18-42(34)50-48(36)58-2/h3-24,27-28H,25-26,29-30H2,1-2H3. The van der Waals surface area contributed by atoms with Crippen LogP contribution in [-0.2, 0) is 26.3 Å². The molecule has 0 aliphatic rings. The Labute approximate surface area is 344 Å². The zero-order valence-electron chi connectivity index (χ0n) is 32.9. The predicted molar refractivity (Wildman–Crippen MR) is 230 cm³/mol. The number of rotatable bonds is 13. The number of nitrogens with zero attached hydrogens (tertiary/aromatic N) is 8. The first-order valence-electron chi connectivity index (χ1n) is 19.5. The highest BCUT2D eigenvalue weighted by Gasteiger charge is 2.21. The summed E-state index contributed by atoms with van der Waals surface area (Å²) in [5.41, 5.74) is 6.73. The van der Waals surface area contributed by atoms with Gasteiger partial charge in [0.05, 0.1) is 50.7 Å². The second-order valence-corrected chi connectivity index (χ2v) is 14.4. The fraction of sp³-hybridized carbons (Fsp3) is 0.125. The quantitative estimate of drug-likeness (QED) is 0.112. The van der Waals surface area contributed by atoms with Crippen molar-refractivity contribution < 1.29 is 18.9 Å². The molecule has 10 rings (SSSR count). The molecule has 294 valence electrons. The van der Waals surface area contributed by atoms with E-state index < -0.39 is 0 Å². The van der Waals surface area contributed by atoms with Crippen molar-refractivity contribution in [2.24, 2.45) is 0 Å². The molecule has 0 radical (unpaired) electrons. The second kappa shape index (κ2) is 15.8. The number of fused-ring (bicyclic) bond motifs is 4. The largest absolute Gasteiger partial charge is 0.486 e. The van der Waals surface area contributed by atoms with Crippen molar-refractivity contribution in [3.63, 3.8) is 0 Å². The van der Waals surface area contributed by atoms with Crippen LogP contribution in [0.2, 0.25) is 0 Å². The van der Waals surface area contributed by atoms with E-state index in [4.69, 9.17) is 28.9 Å². The first kappa shape index (κ1) is 36.5. The van der Waals surface area contributed by atoms with E-state index in [2.05, 4.69) is 69.2 Å². The van der Waals surface area contributed by atoms with Crippen LogP contribution in [0.25, 0.3) is 54.5 Å². The van der Waals surface area contributed by atoms with Crippen molar-refractivity contribution in [2.75, 3.05) is 14.2 Å². The summed E-state index contributed by atoms with van der Waals surface area (Å²) in [4.78, 5) is 9.39. The third-order valence-electron chi connectivity index (χ3n) is 10.5. The highest BCUT2D eigenvalue weighted by atomic mass is 16.5. The molecule has 12 nitrogen and oxygen atoms in total. The van der Waals surface area contributed by atoms with E-state index in [0.29, 0.717) is 47.7 Å². The van der Waals surface area contributed by atoms with Gasteiger partial charge in [0.2, 0.25) is 11.8 Å². The number of para-hydroxylation sites is 2. The summed E-state index contributed by atoms with van der Waals surface area (Å²) in [7, 11) is 3.26. The monoisotopic (exact) mass is 790 g/mol. The van der Waals surface area contributed by atoms with E-state index in [1.165, 1.54) is 0 Å². The van der Waals surface area contributed by atoms with Crippen LogP contribution in [0.4, 0.5) is 0 Å². The van der Waals surface area contributed by atoms with E-state index in [-0.39, 0.29) is 13.2 Å². The summed E-state index contributed by atoms with van der Waals surface area (Å²) in [5.74, 6) is 2.49. The molecule has 0 saturated carbocycles. The van der Waals surface area contributed by atoms with Gasteiger partial charge in [0.15, 0.2) is 0 Å². The Bertz CT molecular complexity index is 2970. The molecule has 10 aromatic rings. The van der Waals surface area contributed by atoms with Crippen molar-refractivity contribution in [1.29, 1.82) is 0 Å². The first-order valence-corrected chi connectivity index (χ1v) is 19.5. The van der Waals surface area contributed by atoms with Crippen LogP contribution < -0.4 is 18.9 Å². The highest BCUT2D eigenvalue weighted by molar-refractivity contribution is 6.09. The van der Waals surface area contributed by atoms with E-state index in [1.54, 1.807) is 23.6 Å². The maximum absolute atomic E-state index is 6.67. The van der Waals surface area contributed by atoms with Gasteiger partial charge in [-0.25, -0.2) is 19.3 Å². The number of hydrogen-bond donors (Lipinski definition) is 0. The van der Waals surface area contributed by atoms with E-state index >= 15 is 0 Å². The van der Waals surface area contributed by atoms with Crippen LogP contribution in [0.5, 0.6) is 23.3 Å². The van der Waals surface area contributed by atoms with Crippen molar-refractivity contribution in [3.05, 3.63) is 168 Å². The molecule has 0 unspecified atom stereocenters. The van der Waals surface area contributed by atoms with Crippen LogP contribution in [0.1, 0.15) is 22.5 Å². The third-order valence-corrected chi connectivity index (χ3v) is 10.5. The molecular formula is C48H38N8O4. The summed E-state index contributed by atoms with van der Waals surface area (Å²) < 4.78 is 28.2. The fourth-order valence-corrected chi connectivity index (χ4v) is 7.74. The number of benzene rings is 6. The van der Waals surface area contributed by atoms with Gasteiger partial charge in [0, 0.05) is 33.0 Å². The normalized spacial score (nSPS) is 11.4. The van der Waals surface area contributed by atoms with Gasteiger partial charge in [-0.3, -0.25) is 0 Å². The van der Waals surface area contributed by atoms with Crippen molar-refractivity contribution in [1.82, 2.24) is 40.0 Å². The molecule has 0 N–H and O–H groups in total. The van der Waals surface area contributed by atoms with E-state index in [0.717, 1.165) is 65.6 Å². The minimum absolute atomic E-state index is 0.194. The van der Waals surface area contributed by atoms with Gasteiger partial charge in [0.1, 0.15) is 36.1 Å². The molecule has 6 aromatic carbocycles. The molecule has 0 bridgehead atoms. The number of ether oxygens (including phenoxy) is 4. The molecule has 4 aromatic heterocycles. The lowest BCUT2D eigenvalue weighted by atomic mass is 9.92. The molecule has 12 heteroatoms. The Kier molecular flexibility index (Phi) is 9.62. The maximum Gasteiger partial charge on any atom is 0.218 e. The summed E-state index contributed by atoms with van der Waals surface area (Å²) in [6, 6.07) is 44.9. The van der Waals surface area contributed by atoms with Crippen LogP contribution in [-0.4, -0.2) is 54.2 Å². The average molecular weight is 791 g/mol. The van der Waals surface area contributed by atoms with Crippen molar-refractivity contribution in [2.45, 2.75) is 26.3 Å². The van der Waals surface area contributed by atoms with Crippen LogP contribution in [0.15, 0.2) is 146 Å². The van der Waals surface area contributed by atoms with Gasteiger partial charge >= 0.3 is 0 Å². The average Bonchev–Trinajstić information content (AvgIpc) is 3.95. The first-order chi connectivity index (χ1) is 29.6. The smallest absolute Gasteiger partial charge is 0.218 e. The fourth-order valence-electron chi connectivity index (χ4n) is 7.74. The van der Waals surface area contributed by atoms with Crippen molar-refractivity contribution >= 4 is 43.4 Å². The molecule has 0 fully saturated rings. The van der Waals surface area contributed by atoms with Gasteiger partial charge in [-0.15, -0.1) is 10.2 Å². The lowest BCUT2D eigenvalue weighted by Crippen LogP contribution is -2.04. The lowest BCUT2D eigenvalue weighted by molar-refractivity contribution is 0.298. The number of methoxy groups -OCH3 is 2. The zero-order chi connectivity index (χ0) is 40.4. The maximum atomic E-state index is 6.67. The Balaban J connectivity index is 0.943. The van der Waals surface area contributed by atoms with Crippen LogP contribution >= 0.6 is 0 Å². The Hall–Kier alpha value is -7.86. The molecule has 60 heavy (non-hydrogen) atoms. The molecule has 0 saturated heterocycles. The molecule has 0 spiro atoms. The Morgan fingerprint density at radius 1 is 0.467 bits per heavy atom. The van der Waals surface area contributed by atoms with Gasteiger partial charge in [-0.1, -0.05) is 107 Å². The molecule has 0 atom stereocenters. The van der Waals surface area contributed by atoms with Crippen LogP contribution in [0.3, 0.4) is 0 Å². The summed E-state index contributed by atoms with van der Waals surface area (Å²) in [5, 5.41) is 24.0. The summed E-state index contributed by atoms with van der Waals surface area (Å²) in [6.45, 7) is 1.27.